The van der Waals surface area contributed by atoms with Gasteiger partial charge in [0.1, 0.15) is 0 Å². The van der Waals surface area contributed by atoms with E-state index in [1.807, 2.05) is 23.9 Å². The summed E-state index contributed by atoms with van der Waals surface area (Å²) in [7, 11) is 0. The summed E-state index contributed by atoms with van der Waals surface area (Å²) < 4.78 is 10.7. The molecule has 1 atom stereocenters. The maximum Gasteiger partial charge on any atom is 0.255 e. The third-order valence-corrected chi connectivity index (χ3v) is 5.09. The molecule has 2 aliphatic rings. The number of carbonyl (C=O) groups excluding carboxylic acids is 1. The van der Waals surface area contributed by atoms with E-state index < -0.39 is 6.10 Å². The third-order valence-electron chi connectivity index (χ3n) is 4.15. The molecule has 0 spiro atoms. The quantitative estimate of drug-likeness (QED) is 0.886. The van der Waals surface area contributed by atoms with Gasteiger partial charge in [0.25, 0.3) is 5.91 Å². The van der Waals surface area contributed by atoms with Crippen LogP contribution >= 0.6 is 11.8 Å². The normalized spacial score (nSPS) is 22.7. The van der Waals surface area contributed by atoms with Crippen LogP contribution in [-0.2, 0) is 20.7 Å². The minimum atomic E-state index is -0.500. The molecule has 1 amide bonds. The van der Waals surface area contributed by atoms with Gasteiger partial charge in [0.15, 0.2) is 6.10 Å². The summed E-state index contributed by atoms with van der Waals surface area (Å²) in [5, 5.41) is 2.89. The van der Waals surface area contributed by atoms with E-state index in [1.54, 1.807) is 0 Å². The summed E-state index contributed by atoms with van der Waals surface area (Å²) in [6, 6.07) is 8.10. The number of hydrogen-bond acceptors (Lipinski definition) is 5. The molecule has 2 fully saturated rings. The molecular formula is C17H24N2O3S. The molecule has 2 saturated heterocycles. The van der Waals surface area contributed by atoms with Crippen LogP contribution in [0.2, 0.25) is 0 Å². The van der Waals surface area contributed by atoms with Crippen LogP contribution < -0.4 is 5.32 Å². The lowest BCUT2D eigenvalue weighted by molar-refractivity contribution is -0.142. The first kappa shape index (κ1) is 16.8. The van der Waals surface area contributed by atoms with Crippen molar-refractivity contribution in [2.45, 2.75) is 12.5 Å². The van der Waals surface area contributed by atoms with Gasteiger partial charge in [-0.05, 0) is 24.1 Å². The molecule has 1 aromatic rings. The lowest BCUT2D eigenvalue weighted by Gasteiger charge is -2.26. The fourth-order valence-electron chi connectivity index (χ4n) is 2.73. The molecule has 6 heteroatoms. The van der Waals surface area contributed by atoms with Gasteiger partial charge in [0.2, 0.25) is 0 Å². The SMILES string of the molecule is O=C(Nc1ccc(CCN2CCSCC2)cc1)C1COCCO1. The number of rotatable bonds is 5. The van der Waals surface area contributed by atoms with E-state index in [2.05, 4.69) is 22.3 Å². The average molecular weight is 336 g/mol. The first-order valence-electron chi connectivity index (χ1n) is 8.20. The van der Waals surface area contributed by atoms with Crippen molar-refractivity contribution >= 4 is 23.4 Å². The standard InChI is InChI=1S/C17H24N2O3S/c20-17(16-13-21-9-10-22-16)18-15-3-1-14(2-4-15)5-6-19-7-11-23-12-8-19/h1-4,16H,5-13H2,(H,18,20). The van der Waals surface area contributed by atoms with E-state index in [1.165, 1.54) is 30.2 Å². The summed E-state index contributed by atoms with van der Waals surface area (Å²) in [6.07, 6.45) is 0.554. The number of nitrogens with one attached hydrogen (secondary N) is 1. The first-order chi connectivity index (χ1) is 11.3. The second kappa shape index (κ2) is 8.68. The van der Waals surface area contributed by atoms with Gasteiger partial charge in [-0.1, -0.05) is 12.1 Å². The van der Waals surface area contributed by atoms with Crippen LogP contribution in [0.5, 0.6) is 0 Å². The Balaban J connectivity index is 1.45. The van der Waals surface area contributed by atoms with E-state index in [0.29, 0.717) is 19.8 Å². The molecule has 5 nitrogen and oxygen atoms in total. The molecule has 0 radical (unpaired) electrons. The molecule has 1 N–H and O–H groups in total. The number of nitrogens with zero attached hydrogens (tertiary/aromatic N) is 1. The Kier molecular flexibility index (Phi) is 6.33. The molecule has 0 saturated carbocycles. The van der Waals surface area contributed by atoms with Crippen LogP contribution in [0.15, 0.2) is 24.3 Å². The molecule has 23 heavy (non-hydrogen) atoms. The van der Waals surface area contributed by atoms with Crippen molar-refractivity contribution in [3.63, 3.8) is 0 Å². The minimum Gasteiger partial charge on any atom is -0.376 e. The topological polar surface area (TPSA) is 50.8 Å². The molecule has 0 aromatic heterocycles. The van der Waals surface area contributed by atoms with E-state index in [4.69, 9.17) is 9.47 Å². The van der Waals surface area contributed by atoms with E-state index in [0.717, 1.165) is 18.7 Å². The molecule has 126 valence electrons. The van der Waals surface area contributed by atoms with Crippen LogP contribution in [-0.4, -0.2) is 67.9 Å². The maximum atomic E-state index is 12.1. The molecule has 2 aliphatic heterocycles. The summed E-state index contributed by atoms with van der Waals surface area (Å²) in [5.74, 6) is 2.36. The van der Waals surface area contributed by atoms with Crippen molar-refractivity contribution in [3.05, 3.63) is 29.8 Å². The molecule has 0 aliphatic carbocycles. The Labute approximate surface area is 141 Å². The van der Waals surface area contributed by atoms with Gasteiger partial charge in [0, 0.05) is 36.8 Å². The second-order valence-electron chi connectivity index (χ2n) is 5.82. The minimum absolute atomic E-state index is 0.136. The molecule has 3 rings (SSSR count). The number of amides is 1. The van der Waals surface area contributed by atoms with E-state index in [-0.39, 0.29) is 5.91 Å². The number of ether oxygens (including phenoxy) is 2. The molecule has 1 unspecified atom stereocenters. The fraction of sp³-hybridized carbons (Fsp3) is 0.588. The smallest absolute Gasteiger partial charge is 0.255 e. The highest BCUT2D eigenvalue weighted by Gasteiger charge is 2.22. The summed E-state index contributed by atoms with van der Waals surface area (Å²) in [4.78, 5) is 14.6. The highest BCUT2D eigenvalue weighted by atomic mass is 32.2. The lowest BCUT2D eigenvalue weighted by Crippen LogP contribution is -2.39. The summed E-state index contributed by atoms with van der Waals surface area (Å²) >= 11 is 2.04. The van der Waals surface area contributed by atoms with Gasteiger partial charge in [-0.15, -0.1) is 0 Å². The van der Waals surface area contributed by atoms with Crippen LogP contribution in [0.4, 0.5) is 5.69 Å². The largest absolute Gasteiger partial charge is 0.376 e. The van der Waals surface area contributed by atoms with Crippen molar-refractivity contribution in [2.75, 3.05) is 56.3 Å². The number of carbonyl (C=O) groups is 1. The first-order valence-corrected chi connectivity index (χ1v) is 9.36. The number of anilines is 1. The Morgan fingerprint density at radius 3 is 2.70 bits per heavy atom. The number of hydrogen-bond donors (Lipinski definition) is 1. The van der Waals surface area contributed by atoms with Crippen molar-refractivity contribution < 1.29 is 14.3 Å². The zero-order valence-electron chi connectivity index (χ0n) is 13.3. The van der Waals surface area contributed by atoms with Crippen molar-refractivity contribution in [3.8, 4) is 0 Å². The van der Waals surface area contributed by atoms with Crippen LogP contribution in [0.1, 0.15) is 5.56 Å². The van der Waals surface area contributed by atoms with Crippen LogP contribution in [0.3, 0.4) is 0 Å². The monoisotopic (exact) mass is 336 g/mol. The van der Waals surface area contributed by atoms with Gasteiger partial charge in [-0.3, -0.25) is 4.79 Å². The highest BCUT2D eigenvalue weighted by Crippen LogP contribution is 2.14. The van der Waals surface area contributed by atoms with Gasteiger partial charge in [-0.25, -0.2) is 0 Å². The average Bonchev–Trinajstić information content (AvgIpc) is 2.63. The summed E-state index contributed by atoms with van der Waals surface area (Å²) in [5.41, 5.74) is 2.11. The van der Waals surface area contributed by atoms with Gasteiger partial charge in [0.05, 0.1) is 19.8 Å². The molecule has 1 aromatic carbocycles. The molecule has 2 heterocycles. The fourth-order valence-corrected chi connectivity index (χ4v) is 3.71. The molecular weight excluding hydrogens is 312 g/mol. The third kappa shape index (κ3) is 5.21. The van der Waals surface area contributed by atoms with Crippen LogP contribution in [0, 0.1) is 0 Å². The number of benzene rings is 1. The lowest BCUT2D eigenvalue weighted by atomic mass is 10.1. The predicted octanol–water partition coefficient (Wildman–Crippen LogP) is 1.63. The van der Waals surface area contributed by atoms with Crippen molar-refractivity contribution in [1.29, 1.82) is 0 Å². The Morgan fingerprint density at radius 2 is 2.00 bits per heavy atom. The predicted molar refractivity (Wildman–Crippen MR) is 93.1 cm³/mol. The van der Waals surface area contributed by atoms with Gasteiger partial charge < -0.3 is 19.7 Å². The maximum absolute atomic E-state index is 12.1. The zero-order chi connectivity index (χ0) is 15.9. The Hall–Kier alpha value is -1.08. The number of thioether (sulfide) groups is 1. The van der Waals surface area contributed by atoms with Gasteiger partial charge in [-0.2, -0.15) is 11.8 Å². The second-order valence-corrected chi connectivity index (χ2v) is 7.05. The molecule has 0 bridgehead atoms. The Bertz CT molecular complexity index is 497. The van der Waals surface area contributed by atoms with Gasteiger partial charge >= 0.3 is 0 Å². The highest BCUT2D eigenvalue weighted by molar-refractivity contribution is 7.99. The van der Waals surface area contributed by atoms with Crippen molar-refractivity contribution in [1.82, 2.24) is 4.90 Å². The van der Waals surface area contributed by atoms with E-state index >= 15 is 0 Å². The van der Waals surface area contributed by atoms with E-state index in [9.17, 15) is 4.79 Å². The summed E-state index contributed by atoms with van der Waals surface area (Å²) in [6.45, 7) is 4.88. The Morgan fingerprint density at radius 1 is 1.22 bits per heavy atom. The zero-order valence-corrected chi connectivity index (χ0v) is 14.1. The van der Waals surface area contributed by atoms with Crippen molar-refractivity contribution in [2.24, 2.45) is 0 Å². The van der Waals surface area contributed by atoms with Crippen LogP contribution in [0.25, 0.3) is 0 Å².